The molecule has 0 spiro atoms. The molecule has 3 aromatic rings. The first kappa shape index (κ1) is 14.8. The molecule has 0 saturated heterocycles. The maximum absolute atomic E-state index is 13.0. The molecule has 1 saturated carbocycles. The van der Waals surface area contributed by atoms with Gasteiger partial charge in [0, 0.05) is 6.04 Å². The number of hydrogen-bond acceptors (Lipinski definition) is 5. The Morgan fingerprint density at radius 2 is 2.00 bits per heavy atom. The summed E-state index contributed by atoms with van der Waals surface area (Å²) in [5, 5.41) is 18.2. The second-order valence-corrected chi connectivity index (χ2v) is 6.10. The Labute approximate surface area is 136 Å². The number of benzene rings is 1. The summed E-state index contributed by atoms with van der Waals surface area (Å²) in [5.41, 5.74) is 1.33. The Morgan fingerprint density at radius 3 is 2.75 bits per heavy atom. The highest BCUT2D eigenvalue weighted by Gasteiger charge is 2.20. The van der Waals surface area contributed by atoms with Gasteiger partial charge in [-0.25, -0.2) is 14.2 Å². The molecule has 0 aliphatic heterocycles. The third-order valence-corrected chi connectivity index (χ3v) is 4.39. The van der Waals surface area contributed by atoms with Crippen LogP contribution in [0.3, 0.4) is 0 Å². The van der Waals surface area contributed by atoms with E-state index in [9.17, 15) is 9.18 Å². The highest BCUT2D eigenvalue weighted by molar-refractivity contribution is 5.84. The molecule has 7 nitrogen and oxygen atoms in total. The van der Waals surface area contributed by atoms with Crippen LogP contribution in [-0.2, 0) is 6.54 Å². The largest absolute Gasteiger partial charge is 0.364 e. The molecular formula is C16H17FN6O. The molecule has 124 valence electrons. The minimum Gasteiger partial charge on any atom is -0.364 e. The van der Waals surface area contributed by atoms with Gasteiger partial charge in [-0.3, -0.25) is 4.79 Å². The zero-order valence-corrected chi connectivity index (χ0v) is 13.0. The van der Waals surface area contributed by atoms with Gasteiger partial charge in [0.25, 0.3) is 5.56 Å². The number of H-pyrrole nitrogens is 1. The van der Waals surface area contributed by atoms with Gasteiger partial charge in [0.2, 0.25) is 0 Å². The first-order valence-corrected chi connectivity index (χ1v) is 8.03. The maximum Gasteiger partial charge on any atom is 0.292 e. The van der Waals surface area contributed by atoms with Crippen LogP contribution < -0.4 is 10.9 Å². The van der Waals surface area contributed by atoms with Gasteiger partial charge in [-0.2, -0.15) is 5.10 Å². The van der Waals surface area contributed by atoms with Crippen molar-refractivity contribution in [2.24, 2.45) is 0 Å². The number of aromatic nitrogens is 5. The summed E-state index contributed by atoms with van der Waals surface area (Å²) in [6.45, 7) is 0.340. The smallest absolute Gasteiger partial charge is 0.292 e. The van der Waals surface area contributed by atoms with Crippen molar-refractivity contribution >= 4 is 16.9 Å². The molecule has 4 rings (SSSR count). The van der Waals surface area contributed by atoms with Crippen molar-refractivity contribution < 1.29 is 4.39 Å². The van der Waals surface area contributed by atoms with E-state index in [1.807, 2.05) is 0 Å². The van der Waals surface area contributed by atoms with Crippen molar-refractivity contribution in [2.45, 2.75) is 38.3 Å². The van der Waals surface area contributed by atoms with Crippen LogP contribution in [0.15, 0.2) is 29.1 Å². The lowest BCUT2D eigenvalue weighted by Gasteiger charge is -2.11. The lowest BCUT2D eigenvalue weighted by molar-refractivity contribution is 0.623. The Hall–Kier alpha value is -2.77. The fraction of sp³-hybridized carbons (Fsp3) is 0.375. The Bertz CT molecular complexity index is 910. The summed E-state index contributed by atoms with van der Waals surface area (Å²) in [6, 6.07) is 6.45. The lowest BCUT2D eigenvalue weighted by atomic mass is 10.2. The molecule has 0 amide bonds. The third kappa shape index (κ3) is 2.75. The fourth-order valence-corrected chi connectivity index (χ4v) is 3.15. The van der Waals surface area contributed by atoms with Gasteiger partial charge in [-0.15, -0.1) is 5.10 Å². The number of hydrogen-bond donors (Lipinski definition) is 2. The van der Waals surface area contributed by atoms with Crippen molar-refractivity contribution in [2.75, 3.05) is 5.32 Å². The zero-order valence-electron chi connectivity index (χ0n) is 13.0. The molecule has 2 N–H and O–H groups in total. The van der Waals surface area contributed by atoms with E-state index in [2.05, 4.69) is 25.8 Å². The first-order valence-electron chi connectivity index (χ1n) is 8.03. The molecule has 2 aromatic heterocycles. The van der Waals surface area contributed by atoms with Gasteiger partial charge < -0.3 is 5.32 Å². The van der Waals surface area contributed by atoms with Crippen molar-refractivity contribution in [3.8, 4) is 0 Å². The van der Waals surface area contributed by atoms with Crippen molar-refractivity contribution in [1.29, 1.82) is 0 Å². The van der Waals surface area contributed by atoms with Crippen LogP contribution in [0.5, 0.6) is 0 Å². The van der Waals surface area contributed by atoms with E-state index >= 15 is 0 Å². The van der Waals surface area contributed by atoms with E-state index in [1.165, 1.54) is 29.7 Å². The molecule has 0 bridgehead atoms. The van der Waals surface area contributed by atoms with Crippen LogP contribution in [0.2, 0.25) is 0 Å². The summed E-state index contributed by atoms with van der Waals surface area (Å²) < 4.78 is 14.5. The van der Waals surface area contributed by atoms with E-state index in [4.69, 9.17) is 0 Å². The molecule has 1 aromatic carbocycles. The molecule has 1 aliphatic rings. The second-order valence-electron chi connectivity index (χ2n) is 6.10. The summed E-state index contributed by atoms with van der Waals surface area (Å²) in [7, 11) is 0. The first-order chi connectivity index (χ1) is 11.7. The molecule has 1 aliphatic carbocycles. The number of rotatable bonds is 4. The van der Waals surface area contributed by atoms with Crippen molar-refractivity contribution in [3.05, 3.63) is 46.0 Å². The van der Waals surface area contributed by atoms with Gasteiger partial charge in [0.05, 0.1) is 6.54 Å². The summed E-state index contributed by atoms with van der Waals surface area (Å²) >= 11 is 0. The molecule has 0 unspecified atom stereocenters. The van der Waals surface area contributed by atoms with E-state index in [0.717, 1.165) is 18.4 Å². The van der Waals surface area contributed by atoms with Gasteiger partial charge >= 0.3 is 0 Å². The van der Waals surface area contributed by atoms with Gasteiger partial charge in [-0.1, -0.05) is 30.2 Å². The zero-order chi connectivity index (χ0) is 16.5. The SMILES string of the molecule is O=c1[nH]nc(NC2CCCC2)c2nnn(Cc3ccc(F)cc3)c12. The van der Waals surface area contributed by atoms with Crippen LogP contribution in [0.1, 0.15) is 31.2 Å². The minimum absolute atomic E-state index is 0.299. The maximum atomic E-state index is 13.0. The monoisotopic (exact) mass is 328 g/mol. The quantitative estimate of drug-likeness (QED) is 0.765. The Morgan fingerprint density at radius 1 is 1.25 bits per heavy atom. The lowest BCUT2D eigenvalue weighted by Crippen LogP contribution is -2.20. The van der Waals surface area contributed by atoms with Gasteiger partial charge in [-0.05, 0) is 30.5 Å². The molecule has 8 heteroatoms. The predicted molar refractivity (Wildman–Crippen MR) is 87.3 cm³/mol. The van der Waals surface area contributed by atoms with Gasteiger partial charge in [0.15, 0.2) is 16.9 Å². The van der Waals surface area contributed by atoms with Crippen LogP contribution >= 0.6 is 0 Å². The van der Waals surface area contributed by atoms with Gasteiger partial charge in [0.1, 0.15) is 5.82 Å². The minimum atomic E-state index is -0.339. The van der Waals surface area contributed by atoms with Crippen LogP contribution in [0, 0.1) is 5.82 Å². The van der Waals surface area contributed by atoms with E-state index in [-0.39, 0.29) is 11.4 Å². The summed E-state index contributed by atoms with van der Waals surface area (Å²) in [5.74, 6) is 0.258. The Balaban J connectivity index is 1.69. The molecular weight excluding hydrogens is 311 g/mol. The van der Waals surface area contributed by atoms with Crippen molar-refractivity contribution in [3.63, 3.8) is 0 Å². The number of fused-ring (bicyclic) bond motifs is 1. The van der Waals surface area contributed by atoms with E-state index < -0.39 is 0 Å². The number of halogens is 1. The molecule has 24 heavy (non-hydrogen) atoms. The summed E-state index contributed by atoms with van der Waals surface area (Å²) in [6.07, 6.45) is 4.57. The number of nitrogens with zero attached hydrogens (tertiary/aromatic N) is 4. The average Bonchev–Trinajstić information content (AvgIpc) is 3.23. The normalized spacial score (nSPS) is 15.2. The van der Waals surface area contributed by atoms with E-state index in [1.54, 1.807) is 12.1 Å². The average molecular weight is 328 g/mol. The Kier molecular flexibility index (Phi) is 3.72. The topological polar surface area (TPSA) is 88.5 Å². The van der Waals surface area contributed by atoms with Crippen LogP contribution in [0.4, 0.5) is 10.2 Å². The van der Waals surface area contributed by atoms with Crippen molar-refractivity contribution in [1.82, 2.24) is 25.2 Å². The molecule has 2 heterocycles. The van der Waals surface area contributed by atoms with Crippen LogP contribution in [0.25, 0.3) is 11.0 Å². The summed E-state index contributed by atoms with van der Waals surface area (Å²) in [4.78, 5) is 12.2. The fourth-order valence-electron chi connectivity index (χ4n) is 3.15. The standard InChI is InChI=1S/C16H17FN6O/c17-11-7-5-10(6-8-11)9-23-14-13(19-22-23)15(20-21-16(14)24)18-12-3-1-2-4-12/h5-8,12H,1-4,9H2,(H,18,20)(H,21,24). The number of nitrogens with one attached hydrogen (secondary N) is 2. The highest BCUT2D eigenvalue weighted by Crippen LogP contribution is 2.23. The molecule has 0 radical (unpaired) electrons. The van der Waals surface area contributed by atoms with E-state index in [0.29, 0.717) is 29.4 Å². The number of anilines is 1. The van der Waals surface area contributed by atoms with Crippen LogP contribution in [-0.4, -0.2) is 31.2 Å². The third-order valence-electron chi connectivity index (χ3n) is 4.39. The molecule has 1 fully saturated rings. The molecule has 0 atom stereocenters. The highest BCUT2D eigenvalue weighted by atomic mass is 19.1. The predicted octanol–water partition coefficient (Wildman–Crippen LogP) is 2.06. The second kappa shape index (κ2) is 6.03. The number of aromatic amines is 1.